The van der Waals surface area contributed by atoms with E-state index in [-0.39, 0.29) is 17.2 Å². The minimum Gasteiger partial charge on any atom is -0.458 e. The number of esters is 1. The van der Waals surface area contributed by atoms with Crippen molar-refractivity contribution in [2.75, 3.05) is 6.61 Å². The second-order valence-electron chi connectivity index (χ2n) is 4.81. The lowest BCUT2D eigenvalue weighted by atomic mass is 10.2. The lowest BCUT2D eigenvalue weighted by Gasteiger charge is -2.02. The molecule has 3 aromatic rings. The minimum absolute atomic E-state index is 0.109. The lowest BCUT2D eigenvalue weighted by Crippen LogP contribution is -2.04. The van der Waals surface area contributed by atoms with Crippen LogP contribution in [0.15, 0.2) is 49.1 Å². The molecule has 0 atom stereocenters. The van der Waals surface area contributed by atoms with Crippen molar-refractivity contribution >= 4 is 28.6 Å². The standard InChI is InChI=1S/C17H12ClFN2O2/c1-2-7-23-17(22)10-8-12(18)15-14(9-10)20-16(21-15)11-5-3-4-6-13(11)19/h2-6,8-9H,1,7H2,(H,20,21). The maximum Gasteiger partial charge on any atom is 0.338 e. The number of nitrogens with one attached hydrogen (secondary N) is 1. The van der Waals surface area contributed by atoms with E-state index in [1.165, 1.54) is 18.2 Å². The van der Waals surface area contributed by atoms with Gasteiger partial charge in [0.1, 0.15) is 23.8 Å². The molecule has 2 aromatic carbocycles. The van der Waals surface area contributed by atoms with E-state index in [1.807, 2.05) is 0 Å². The molecule has 0 unspecified atom stereocenters. The van der Waals surface area contributed by atoms with Crippen molar-refractivity contribution in [1.29, 1.82) is 0 Å². The first-order chi connectivity index (χ1) is 11.1. The Morgan fingerprint density at radius 3 is 2.91 bits per heavy atom. The monoisotopic (exact) mass is 330 g/mol. The summed E-state index contributed by atoms with van der Waals surface area (Å²) in [4.78, 5) is 19.2. The normalized spacial score (nSPS) is 10.7. The fraction of sp³-hybridized carbons (Fsp3) is 0.0588. The van der Waals surface area contributed by atoms with Crippen molar-refractivity contribution in [1.82, 2.24) is 9.97 Å². The average molecular weight is 331 g/mol. The number of imidazole rings is 1. The van der Waals surface area contributed by atoms with E-state index < -0.39 is 11.8 Å². The Hall–Kier alpha value is -2.66. The second kappa shape index (κ2) is 6.22. The fourth-order valence-electron chi connectivity index (χ4n) is 2.19. The van der Waals surface area contributed by atoms with Gasteiger partial charge in [-0.1, -0.05) is 36.4 Å². The molecule has 1 heterocycles. The van der Waals surface area contributed by atoms with Crippen LogP contribution in [-0.2, 0) is 4.74 Å². The van der Waals surface area contributed by atoms with E-state index >= 15 is 0 Å². The molecule has 116 valence electrons. The smallest absolute Gasteiger partial charge is 0.338 e. The van der Waals surface area contributed by atoms with Gasteiger partial charge in [-0.25, -0.2) is 14.2 Å². The number of nitrogens with zero attached hydrogens (tertiary/aromatic N) is 1. The molecule has 0 saturated heterocycles. The molecule has 0 spiro atoms. The summed E-state index contributed by atoms with van der Waals surface area (Å²) < 4.78 is 18.9. The van der Waals surface area contributed by atoms with Crippen LogP contribution in [0.3, 0.4) is 0 Å². The number of fused-ring (bicyclic) bond motifs is 1. The molecule has 0 aliphatic carbocycles. The lowest BCUT2D eigenvalue weighted by molar-refractivity contribution is 0.0550. The van der Waals surface area contributed by atoms with E-state index in [4.69, 9.17) is 16.3 Å². The quantitative estimate of drug-likeness (QED) is 0.571. The van der Waals surface area contributed by atoms with Crippen molar-refractivity contribution in [3.8, 4) is 11.4 Å². The van der Waals surface area contributed by atoms with Gasteiger partial charge in [0, 0.05) is 0 Å². The Morgan fingerprint density at radius 1 is 1.39 bits per heavy atom. The number of hydrogen-bond acceptors (Lipinski definition) is 3. The van der Waals surface area contributed by atoms with Crippen LogP contribution in [-0.4, -0.2) is 22.5 Å². The number of aromatic nitrogens is 2. The zero-order valence-electron chi connectivity index (χ0n) is 12.0. The summed E-state index contributed by atoms with van der Waals surface area (Å²) in [5.41, 5.74) is 1.61. The molecule has 0 bridgehead atoms. The summed E-state index contributed by atoms with van der Waals surface area (Å²) in [6, 6.07) is 9.32. The topological polar surface area (TPSA) is 55.0 Å². The number of halogens is 2. The summed E-state index contributed by atoms with van der Waals surface area (Å²) in [5.74, 6) is -0.569. The number of benzene rings is 2. The first kappa shape index (κ1) is 15.2. The van der Waals surface area contributed by atoms with Gasteiger partial charge in [-0.2, -0.15) is 0 Å². The number of carbonyl (C=O) groups is 1. The molecule has 1 N–H and O–H groups in total. The van der Waals surface area contributed by atoms with Crippen LogP contribution >= 0.6 is 11.6 Å². The van der Waals surface area contributed by atoms with Crippen molar-refractivity contribution < 1.29 is 13.9 Å². The Balaban J connectivity index is 2.06. The molecule has 0 fully saturated rings. The molecule has 23 heavy (non-hydrogen) atoms. The van der Waals surface area contributed by atoms with Gasteiger partial charge in [0.25, 0.3) is 0 Å². The largest absolute Gasteiger partial charge is 0.458 e. The van der Waals surface area contributed by atoms with Crippen LogP contribution in [0.4, 0.5) is 4.39 Å². The van der Waals surface area contributed by atoms with Crippen molar-refractivity contribution in [3.63, 3.8) is 0 Å². The van der Waals surface area contributed by atoms with Gasteiger partial charge in [-0.3, -0.25) is 0 Å². The van der Waals surface area contributed by atoms with Gasteiger partial charge in [0.15, 0.2) is 0 Å². The molecule has 0 aliphatic rings. The average Bonchev–Trinajstić information content (AvgIpc) is 2.97. The predicted octanol–water partition coefficient (Wildman–Crippen LogP) is 4.37. The van der Waals surface area contributed by atoms with Crippen molar-refractivity contribution in [3.05, 3.63) is 65.5 Å². The molecule has 0 amide bonds. The molecule has 0 saturated carbocycles. The number of aromatic amines is 1. The number of H-pyrrole nitrogens is 1. The molecule has 6 heteroatoms. The zero-order valence-corrected chi connectivity index (χ0v) is 12.7. The maximum absolute atomic E-state index is 13.9. The predicted molar refractivity (Wildman–Crippen MR) is 87.0 cm³/mol. The first-order valence-electron chi connectivity index (χ1n) is 6.82. The summed E-state index contributed by atoms with van der Waals surface area (Å²) in [6.45, 7) is 3.59. The summed E-state index contributed by atoms with van der Waals surface area (Å²) in [5, 5.41) is 0.284. The Bertz CT molecular complexity index is 905. The van der Waals surface area contributed by atoms with Crippen molar-refractivity contribution in [2.24, 2.45) is 0 Å². The number of rotatable bonds is 4. The molecule has 1 aromatic heterocycles. The highest BCUT2D eigenvalue weighted by Crippen LogP contribution is 2.28. The number of ether oxygens (including phenoxy) is 1. The van der Waals surface area contributed by atoms with Crippen LogP contribution in [0.25, 0.3) is 22.4 Å². The van der Waals surface area contributed by atoms with E-state index in [2.05, 4.69) is 16.5 Å². The molecular formula is C17H12ClFN2O2. The van der Waals surface area contributed by atoms with E-state index in [1.54, 1.807) is 24.3 Å². The van der Waals surface area contributed by atoms with Gasteiger partial charge >= 0.3 is 5.97 Å². The van der Waals surface area contributed by atoms with Crippen LogP contribution < -0.4 is 0 Å². The van der Waals surface area contributed by atoms with Gasteiger partial charge in [-0.15, -0.1) is 0 Å². The SMILES string of the molecule is C=CCOC(=O)c1cc(Cl)c2nc(-c3ccccc3F)[nH]c2c1. The second-order valence-corrected chi connectivity index (χ2v) is 5.21. The highest BCUT2D eigenvalue weighted by molar-refractivity contribution is 6.35. The van der Waals surface area contributed by atoms with Gasteiger partial charge in [0.05, 0.1) is 21.7 Å². The van der Waals surface area contributed by atoms with E-state index in [0.717, 1.165) is 0 Å². The third-order valence-electron chi connectivity index (χ3n) is 3.24. The summed E-state index contributed by atoms with van der Waals surface area (Å²) in [6.07, 6.45) is 1.48. The van der Waals surface area contributed by atoms with Gasteiger partial charge in [-0.05, 0) is 24.3 Å². The zero-order chi connectivity index (χ0) is 16.4. The highest BCUT2D eigenvalue weighted by atomic mass is 35.5. The van der Waals surface area contributed by atoms with Crippen LogP contribution in [0.1, 0.15) is 10.4 Å². The molecule has 4 nitrogen and oxygen atoms in total. The molecular weight excluding hydrogens is 319 g/mol. The molecule has 0 aliphatic heterocycles. The Labute approximate surface area is 136 Å². The Morgan fingerprint density at radius 2 is 2.17 bits per heavy atom. The fourth-order valence-corrected chi connectivity index (χ4v) is 2.45. The Kier molecular flexibility index (Phi) is 4.12. The summed E-state index contributed by atoms with van der Waals surface area (Å²) >= 11 is 6.18. The van der Waals surface area contributed by atoms with Gasteiger partial charge < -0.3 is 9.72 Å². The number of hydrogen-bond donors (Lipinski definition) is 1. The van der Waals surface area contributed by atoms with Crippen LogP contribution in [0.5, 0.6) is 0 Å². The highest BCUT2D eigenvalue weighted by Gasteiger charge is 2.15. The van der Waals surface area contributed by atoms with Crippen LogP contribution in [0, 0.1) is 5.82 Å². The third kappa shape index (κ3) is 2.96. The maximum atomic E-state index is 13.9. The van der Waals surface area contributed by atoms with Crippen LogP contribution in [0.2, 0.25) is 5.02 Å². The van der Waals surface area contributed by atoms with Gasteiger partial charge in [0.2, 0.25) is 0 Å². The molecule has 3 rings (SSSR count). The first-order valence-corrected chi connectivity index (χ1v) is 7.20. The molecule has 0 radical (unpaired) electrons. The van der Waals surface area contributed by atoms with Crippen molar-refractivity contribution in [2.45, 2.75) is 0 Å². The number of carbonyl (C=O) groups excluding carboxylic acids is 1. The summed E-state index contributed by atoms with van der Waals surface area (Å²) in [7, 11) is 0. The van der Waals surface area contributed by atoms with E-state index in [0.29, 0.717) is 22.4 Å². The minimum atomic E-state index is -0.518. The van der Waals surface area contributed by atoms with E-state index in [9.17, 15) is 9.18 Å². The third-order valence-corrected chi connectivity index (χ3v) is 3.53.